The van der Waals surface area contributed by atoms with E-state index in [0.29, 0.717) is 43.9 Å². The number of rotatable bonds is 3. The molecule has 1 N–H and O–H groups in total. The van der Waals surface area contributed by atoms with Crippen molar-refractivity contribution < 1.29 is 27.2 Å². The molecule has 1 fully saturated rings. The van der Waals surface area contributed by atoms with Crippen molar-refractivity contribution in [3.63, 3.8) is 0 Å². The summed E-state index contributed by atoms with van der Waals surface area (Å²) in [6.07, 6.45) is -2.71. The number of hydrogen-bond acceptors (Lipinski definition) is 5. The van der Waals surface area contributed by atoms with Crippen molar-refractivity contribution in [2.24, 2.45) is 0 Å². The fourth-order valence-electron chi connectivity index (χ4n) is 3.54. The van der Waals surface area contributed by atoms with Gasteiger partial charge in [0.25, 0.3) is 11.8 Å². The lowest BCUT2D eigenvalue weighted by molar-refractivity contribution is -0.141. The van der Waals surface area contributed by atoms with E-state index in [9.17, 15) is 22.8 Å². The second kappa shape index (κ2) is 8.45. The summed E-state index contributed by atoms with van der Waals surface area (Å²) in [6, 6.07) is 1.74. The first-order valence-electron chi connectivity index (χ1n) is 9.65. The van der Waals surface area contributed by atoms with Gasteiger partial charge < -0.3 is 14.6 Å². The number of carbonyl (C=O) groups is 2. The lowest BCUT2D eigenvalue weighted by atomic mass is 10.1. The quantitative estimate of drug-likeness (QED) is 0.816. The van der Waals surface area contributed by atoms with E-state index < -0.39 is 17.8 Å². The number of halogens is 3. The molecule has 3 heterocycles. The van der Waals surface area contributed by atoms with Crippen LogP contribution in [0.3, 0.4) is 0 Å². The zero-order valence-electron chi connectivity index (χ0n) is 17.0. The van der Waals surface area contributed by atoms with Crippen LogP contribution >= 0.6 is 0 Å². The smallest absolute Gasteiger partial charge is 0.433 e. The van der Waals surface area contributed by atoms with Gasteiger partial charge in [-0.15, -0.1) is 0 Å². The number of likely N-dealkylation sites (tertiary alicyclic amines) is 1. The molecule has 0 spiro atoms. The van der Waals surface area contributed by atoms with Gasteiger partial charge in [-0.3, -0.25) is 9.59 Å². The number of pyridine rings is 1. The van der Waals surface area contributed by atoms with Gasteiger partial charge in [-0.2, -0.15) is 13.2 Å². The van der Waals surface area contributed by atoms with Crippen molar-refractivity contribution in [3.05, 3.63) is 46.4 Å². The molecule has 7 nitrogen and oxygen atoms in total. The third kappa shape index (κ3) is 4.80. The second-order valence-corrected chi connectivity index (χ2v) is 7.37. The Bertz CT molecular complexity index is 955. The van der Waals surface area contributed by atoms with Gasteiger partial charge in [0, 0.05) is 26.1 Å². The lowest BCUT2D eigenvalue weighted by Gasteiger charge is -2.20. The molecule has 1 aliphatic heterocycles. The van der Waals surface area contributed by atoms with Gasteiger partial charge >= 0.3 is 6.18 Å². The van der Waals surface area contributed by atoms with Crippen molar-refractivity contribution >= 4 is 11.8 Å². The van der Waals surface area contributed by atoms with Crippen LogP contribution in [-0.2, 0) is 6.18 Å². The first kappa shape index (κ1) is 21.8. The van der Waals surface area contributed by atoms with Crippen LogP contribution in [0.2, 0.25) is 0 Å². The van der Waals surface area contributed by atoms with Crippen LogP contribution < -0.4 is 5.32 Å². The summed E-state index contributed by atoms with van der Waals surface area (Å²) in [6.45, 7) is 5.71. The zero-order chi connectivity index (χ0) is 22.1. The molecule has 0 aliphatic carbocycles. The van der Waals surface area contributed by atoms with Crippen molar-refractivity contribution in [3.8, 4) is 0 Å². The van der Waals surface area contributed by atoms with Crippen LogP contribution in [0.5, 0.6) is 0 Å². The number of carbonyl (C=O) groups excluding carboxylic acids is 2. The Morgan fingerprint density at radius 1 is 1.10 bits per heavy atom. The number of amides is 2. The van der Waals surface area contributed by atoms with Crippen LogP contribution in [0.25, 0.3) is 0 Å². The van der Waals surface area contributed by atoms with Crippen LogP contribution in [0.1, 0.15) is 63.1 Å². The molecule has 10 heteroatoms. The number of alkyl halides is 3. The Hall–Kier alpha value is -2.91. The van der Waals surface area contributed by atoms with Gasteiger partial charge in [-0.25, -0.2) is 9.97 Å². The van der Waals surface area contributed by atoms with E-state index in [1.165, 1.54) is 6.92 Å². The number of oxazole rings is 1. The molecule has 2 aromatic heterocycles. The molecule has 0 aromatic carbocycles. The van der Waals surface area contributed by atoms with Crippen molar-refractivity contribution in [2.75, 3.05) is 13.1 Å². The summed E-state index contributed by atoms with van der Waals surface area (Å²) in [5.74, 6) is -0.0548. The maximum Gasteiger partial charge on any atom is 0.433 e. The van der Waals surface area contributed by atoms with E-state index in [2.05, 4.69) is 15.3 Å². The van der Waals surface area contributed by atoms with Gasteiger partial charge in [0.15, 0.2) is 5.89 Å². The molecule has 162 valence electrons. The Morgan fingerprint density at radius 2 is 1.83 bits per heavy atom. The topological polar surface area (TPSA) is 88.3 Å². The molecular formula is C20H23F3N4O3. The van der Waals surface area contributed by atoms with Crippen LogP contribution in [0, 0.1) is 20.8 Å². The minimum Gasteiger partial charge on any atom is -0.436 e. The van der Waals surface area contributed by atoms with Crippen LogP contribution in [0.15, 0.2) is 16.5 Å². The van der Waals surface area contributed by atoms with Gasteiger partial charge in [0.1, 0.15) is 5.69 Å². The standard InChI is InChI=1S/C20H23F3N4O3/c1-11-15(6-7-16(25-11)20(21,22)23)18(28)26-14-5-4-9-27(10-8-14)19(29)17-12(2)24-13(3)30-17/h6-7,14H,4-5,8-10H2,1-3H3,(H,26,28)/t14-/m0/s1. The normalized spacial score (nSPS) is 17.5. The average Bonchev–Trinajstić information content (AvgIpc) is 2.86. The largest absolute Gasteiger partial charge is 0.436 e. The predicted molar refractivity (Wildman–Crippen MR) is 101 cm³/mol. The van der Waals surface area contributed by atoms with E-state index in [1.54, 1.807) is 18.7 Å². The highest BCUT2D eigenvalue weighted by molar-refractivity contribution is 5.95. The highest BCUT2D eigenvalue weighted by atomic mass is 19.4. The number of nitrogens with one attached hydrogen (secondary N) is 1. The van der Waals surface area contributed by atoms with Crippen molar-refractivity contribution in [1.82, 2.24) is 20.2 Å². The maximum atomic E-state index is 12.8. The highest BCUT2D eigenvalue weighted by Gasteiger charge is 2.33. The second-order valence-electron chi connectivity index (χ2n) is 7.37. The molecule has 0 saturated carbocycles. The molecular weight excluding hydrogens is 401 g/mol. The van der Waals surface area contributed by atoms with Crippen LogP contribution in [-0.4, -0.2) is 45.8 Å². The summed E-state index contributed by atoms with van der Waals surface area (Å²) in [4.78, 5) is 34.5. The number of aromatic nitrogens is 2. The first-order chi connectivity index (χ1) is 14.1. The summed E-state index contributed by atoms with van der Waals surface area (Å²) >= 11 is 0. The SMILES string of the molecule is Cc1nc(C)c(C(=O)N2CCC[C@H](NC(=O)c3ccc(C(F)(F)F)nc3C)CC2)o1. The minimum absolute atomic E-state index is 0.0175. The van der Waals surface area contributed by atoms with Gasteiger partial charge in [0.05, 0.1) is 17.0 Å². The van der Waals surface area contributed by atoms with Gasteiger partial charge in [0.2, 0.25) is 5.76 Å². The Labute approximate surface area is 171 Å². The Morgan fingerprint density at radius 3 is 2.43 bits per heavy atom. The highest BCUT2D eigenvalue weighted by Crippen LogP contribution is 2.28. The van der Waals surface area contributed by atoms with E-state index in [4.69, 9.17) is 4.42 Å². The Kier molecular flexibility index (Phi) is 6.14. The third-order valence-corrected chi connectivity index (χ3v) is 5.07. The Balaban J connectivity index is 1.63. The van der Waals surface area contributed by atoms with E-state index in [1.807, 2.05) is 0 Å². The number of aryl methyl sites for hydroxylation is 3. The minimum atomic E-state index is -4.56. The molecule has 1 saturated heterocycles. The molecule has 0 bridgehead atoms. The third-order valence-electron chi connectivity index (χ3n) is 5.07. The molecule has 3 rings (SSSR count). The molecule has 2 aromatic rings. The lowest BCUT2D eigenvalue weighted by Crippen LogP contribution is -2.37. The van der Waals surface area contributed by atoms with E-state index in [0.717, 1.165) is 12.1 Å². The average molecular weight is 424 g/mol. The first-order valence-corrected chi connectivity index (χ1v) is 9.65. The summed E-state index contributed by atoms with van der Waals surface area (Å²) in [5.41, 5.74) is -0.369. The maximum absolute atomic E-state index is 12.8. The fourth-order valence-corrected chi connectivity index (χ4v) is 3.54. The molecule has 0 radical (unpaired) electrons. The van der Waals surface area contributed by atoms with Gasteiger partial charge in [-0.05, 0) is 45.2 Å². The fraction of sp³-hybridized carbons (Fsp3) is 0.500. The van der Waals surface area contributed by atoms with E-state index >= 15 is 0 Å². The number of hydrogen-bond donors (Lipinski definition) is 1. The summed E-state index contributed by atoms with van der Waals surface area (Å²) < 4.78 is 43.7. The molecule has 1 aliphatic rings. The zero-order valence-corrected chi connectivity index (χ0v) is 17.0. The predicted octanol–water partition coefficient (Wildman–Crippen LogP) is 3.44. The molecule has 0 unspecified atom stereocenters. The van der Waals surface area contributed by atoms with E-state index in [-0.39, 0.29) is 29.0 Å². The van der Waals surface area contributed by atoms with Gasteiger partial charge in [-0.1, -0.05) is 0 Å². The monoisotopic (exact) mass is 424 g/mol. The molecule has 30 heavy (non-hydrogen) atoms. The van der Waals surface area contributed by atoms with Crippen molar-refractivity contribution in [2.45, 2.75) is 52.3 Å². The van der Waals surface area contributed by atoms with Crippen LogP contribution in [0.4, 0.5) is 13.2 Å². The summed E-state index contributed by atoms with van der Waals surface area (Å²) in [7, 11) is 0. The molecule has 1 atom stereocenters. The van der Waals surface area contributed by atoms with Crippen molar-refractivity contribution in [1.29, 1.82) is 0 Å². The molecule has 2 amide bonds. The summed E-state index contributed by atoms with van der Waals surface area (Å²) in [5, 5.41) is 2.85. The number of nitrogens with zero attached hydrogens (tertiary/aromatic N) is 3.